The van der Waals surface area contributed by atoms with Gasteiger partial charge in [-0.2, -0.15) is 0 Å². The first-order chi connectivity index (χ1) is 13.5. The van der Waals surface area contributed by atoms with Gasteiger partial charge in [0.25, 0.3) is 5.69 Å². The predicted octanol–water partition coefficient (Wildman–Crippen LogP) is 3.40. The number of ether oxygens (including phenoxy) is 4. The largest absolute Gasteiger partial charge is 0.493 e. The minimum absolute atomic E-state index is 0.0875. The number of methoxy groups -OCH3 is 2. The van der Waals surface area contributed by atoms with Crippen molar-refractivity contribution in [2.75, 3.05) is 21.0 Å². The lowest BCUT2D eigenvalue weighted by atomic mass is 9.84. The zero-order valence-corrected chi connectivity index (χ0v) is 15.3. The maximum atomic E-state index is 12.7. The molecule has 4 rings (SSSR count). The van der Waals surface area contributed by atoms with E-state index < -0.39 is 4.92 Å². The summed E-state index contributed by atoms with van der Waals surface area (Å²) in [5.41, 5.74) is 2.06. The molecule has 28 heavy (non-hydrogen) atoms. The Labute approximate surface area is 160 Å². The average Bonchev–Trinajstić information content (AvgIpc) is 3.18. The molecule has 0 N–H and O–H groups in total. The molecule has 0 radical (unpaired) electrons. The lowest BCUT2D eigenvalue weighted by Crippen LogP contribution is -2.13. The van der Waals surface area contributed by atoms with Gasteiger partial charge in [0.05, 0.1) is 30.8 Å². The molecule has 0 saturated heterocycles. The van der Waals surface area contributed by atoms with Gasteiger partial charge in [0.2, 0.25) is 6.79 Å². The van der Waals surface area contributed by atoms with E-state index in [1.165, 1.54) is 32.4 Å². The predicted molar refractivity (Wildman–Crippen MR) is 100.0 cm³/mol. The van der Waals surface area contributed by atoms with Crippen LogP contribution in [0.4, 0.5) is 5.69 Å². The fraction of sp³-hybridized carbons (Fsp3) is 0.250. The van der Waals surface area contributed by atoms with Crippen molar-refractivity contribution in [1.82, 2.24) is 0 Å². The van der Waals surface area contributed by atoms with E-state index in [9.17, 15) is 14.9 Å². The maximum Gasteiger partial charge on any atom is 0.280 e. The lowest BCUT2D eigenvalue weighted by Gasteiger charge is -2.19. The summed E-state index contributed by atoms with van der Waals surface area (Å²) in [6.07, 6.45) is 2.36. The number of benzene rings is 2. The average molecular weight is 383 g/mol. The molecule has 1 aliphatic heterocycles. The molecule has 8 heteroatoms. The number of nitro groups is 1. The van der Waals surface area contributed by atoms with Gasteiger partial charge in [-0.25, -0.2) is 0 Å². The summed E-state index contributed by atoms with van der Waals surface area (Å²) in [6.45, 7) is 0.139. The number of rotatable bonds is 4. The molecular formula is C20H17NO7. The standard InChI is InChI=1S/C20H17NO7/c1-25-18-8-11(15(21(23)24)9-19(18)26-2)7-14-12-4-6-17-20(28-10-27-17)13(12)3-5-16(14)22/h4,6-9H,3,5,10H2,1-2H3. The van der Waals surface area contributed by atoms with E-state index >= 15 is 0 Å². The van der Waals surface area contributed by atoms with Crippen molar-refractivity contribution in [3.8, 4) is 23.0 Å². The smallest absolute Gasteiger partial charge is 0.280 e. The van der Waals surface area contributed by atoms with Crippen LogP contribution in [0.5, 0.6) is 23.0 Å². The summed E-state index contributed by atoms with van der Waals surface area (Å²) < 4.78 is 21.4. The number of nitrogens with zero attached hydrogens (tertiary/aromatic N) is 1. The Morgan fingerprint density at radius 1 is 1.11 bits per heavy atom. The van der Waals surface area contributed by atoms with Gasteiger partial charge >= 0.3 is 0 Å². The molecule has 144 valence electrons. The second-order valence-electron chi connectivity index (χ2n) is 6.33. The van der Waals surface area contributed by atoms with Crippen LogP contribution in [0.15, 0.2) is 24.3 Å². The molecule has 2 aliphatic rings. The second kappa shape index (κ2) is 6.88. The molecule has 8 nitrogen and oxygen atoms in total. The van der Waals surface area contributed by atoms with E-state index in [2.05, 4.69) is 0 Å². The van der Waals surface area contributed by atoms with Crippen LogP contribution in [-0.4, -0.2) is 31.7 Å². The summed E-state index contributed by atoms with van der Waals surface area (Å²) >= 11 is 0. The van der Waals surface area contributed by atoms with Crippen LogP contribution in [0.3, 0.4) is 0 Å². The van der Waals surface area contributed by atoms with Crippen LogP contribution in [-0.2, 0) is 11.2 Å². The number of hydrogen-bond acceptors (Lipinski definition) is 7. The van der Waals surface area contributed by atoms with Crippen LogP contribution < -0.4 is 18.9 Å². The molecule has 0 amide bonds. The minimum Gasteiger partial charge on any atom is -0.493 e. The highest BCUT2D eigenvalue weighted by molar-refractivity contribution is 6.27. The highest BCUT2D eigenvalue weighted by atomic mass is 16.7. The fourth-order valence-electron chi connectivity index (χ4n) is 3.53. The Balaban J connectivity index is 1.90. The highest BCUT2D eigenvalue weighted by Crippen LogP contribution is 2.44. The molecule has 0 saturated carbocycles. The van der Waals surface area contributed by atoms with E-state index in [1.807, 2.05) is 0 Å². The Hall–Kier alpha value is -3.55. The fourth-order valence-corrected chi connectivity index (χ4v) is 3.53. The van der Waals surface area contributed by atoms with Crippen molar-refractivity contribution < 1.29 is 28.7 Å². The van der Waals surface area contributed by atoms with Crippen LogP contribution in [0, 0.1) is 10.1 Å². The Bertz CT molecular complexity index is 1030. The van der Waals surface area contributed by atoms with Gasteiger partial charge in [-0.15, -0.1) is 0 Å². The number of nitro benzene ring substituents is 1. The van der Waals surface area contributed by atoms with Crippen LogP contribution >= 0.6 is 0 Å². The lowest BCUT2D eigenvalue weighted by molar-refractivity contribution is -0.385. The first-order valence-electron chi connectivity index (χ1n) is 8.60. The SMILES string of the molecule is COc1cc(C=C2C(=O)CCc3c2ccc2c3OCO2)c([N+](=O)[O-])cc1OC. The molecule has 2 aromatic rings. The first kappa shape index (κ1) is 17.8. The Morgan fingerprint density at radius 3 is 2.57 bits per heavy atom. The number of ketones is 1. The molecule has 1 aliphatic carbocycles. The number of hydrogen-bond donors (Lipinski definition) is 0. The Morgan fingerprint density at radius 2 is 1.86 bits per heavy atom. The molecule has 0 atom stereocenters. The van der Waals surface area contributed by atoms with Crippen LogP contribution in [0.1, 0.15) is 23.1 Å². The molecule has 2 aromatic carbocycles. The van der Waals surface area contributed by atoms with E-state index in [0.29, 0.717) is 41.2 Å². The maximum absolute atomic E-state index is 12.7. The summed E-state index contributed by atoms with van der Waals surface area (Å²) in [4.78, 5) is 23.7. The van der Waals surface area contributed by atoms with Crippen molar-refractivity contribution in [2.45, 2.75) is 12.8 Å². The Kier molecular flexibility index (Phi) is 4.38. The summed E-state index contributed by atoms with van der Waals surface area (Å²) in [5, 5.41) is 11.6. The third kappa shape index (κ3) is 2.83. The summed E-state index contributed by atoms with van der Waals surface area (Å²) in [6, 6.07) is 6.33. The topological polar surface area (TPSA) is 97.1 Å². The van der Waals surface area contributed by atoms with Crippen LogP contribution in [0.2, 0.25) is 0 Å². The number of Topliss-reactive ketones (excluding diaryl/α,β-unsaturated/α-hetero) is 1. The molecule has 0 aromatic heterocycles. The third-order valence-electron chi connectivity index (χ3n) is 4.86. The van der Waals surface area contributed by atoms with Crippen LogP contribution in [0.25, 0.3) is 11.6 Å². The zero-order valence-electron chi connectivity index (χ0n) is 15.3. The van der Waals surface area contributed by atoms with Gasteiger partial charge in [0.1, 0.15) is 0 Å². The molecule has 0 unspecified atom stereocenters. The van der Waals surface area contributed by atoms with Gasteiger partial charge in [-0.3, -0.25) is 14.9 Å². The van der Waals surface area contributed by atoms with E-state index in [-0.39, 0.29) is 29.6 Å². The van der Waals surface area contributed by atoms with E-state index in [0.717, 1.165) is 5.56 Å². The molecular weight excluding hydrogens is 366 g/mol. The van der Waals surface area contributed by atoms with Crippen molar-refractivity contribution in [3.05, 3.63) is 51.1 Å². The molecule has 0 fully saturated rings. The van der Waals surface area contributed by atoms with Gasteiger partial charge < -0.3 is 18.9 Å². The summed E-state index contributed by atoms with van der Waals surface area (Å²) in [7, 11) is 2.85. The first-order valence-corrected chi connectivity index (χ1v) is 8.60. The molecule has 0 spiro atoms. The molecule has 1 heterocycles. The number of fused-ring (bicyclic) bond motifs is 3. The van der Waals surface area contributed by atoms with E-state index in [4.69, 9.17) is 18.9 Å². The number of carbonyl (C=O) groups excluding carboxylic acids is 1. The van der Waals surface area contributed by atoms with Gasteiger partial charge in [-0.05, 0) is 30.2 Å². The van der Waals surface area contributed by atoms with Crippen molar-refractivity contribution in [2.24, 2.45) is 0 Å². The van der Waals surface area contributed by atoms with Crippen molar-refractivity contribution in [1.29, 1.82) is 0 Å². The number of allylic oxidation sites excluding steroid dienone is 1. The van der Waals surface area contributed by atoms with Gasteiger partial charge in [0, 0.05) is 17.6 Å². The summed E-state index contributed by atoms with van der Waals surface area (Å²) in [5.74, 6) is 1.78. The zero-order chi connectivity index (χ0) is 19.8. The monoisotopic (exact) mass is 383 g/mol. The normalized spacial score (nSPS) is 16.1. The molecule has 0 bridgehead atoms. The van der Waals surface area contributed by atoms with Crippen molar-refractivity contribution in [3.63, 3.8) is 0 Å². The minimum atomic E-state index is -0.512. The van der Waals surface area contributed by atoms with Crippen molar-refractivity contribution >= 4 is 23.1 Å². The van der Waals surface area contributed by atoms with Gasteiger partial charge in [0.15, 0.2) is 28.8 Å². The second-order valence-corrected chi connectivity index (χ2v) is 6.33. The quantitative estimate of drug-likeness (QED) is 0.453. The van der Waals surface area contributed by atoms with Gasteiger partial charge in [-0.1, -0.05) is 6.07 Å². The number of carbonyl (C=O) groups is 1. The third-order valence-corrected chi connectivity index (χ3v) is 4.86. The van der Waals surface area contributed by atoms with E-state index in [1.54, 1.807) is 12.1 Å². The highest BCUT2D eigenvalue weighted by Gasteiger charge is 2.29.